The molecule has 3 aromatic rings. The van der Waals surface area contributed by atoms with E-state index in [1.165, 1.54) is 18.2 Å². The Labute approximate surface area is 131 Å². The number of fused-ring (bicyclic) bond motifs is 1. The fourth-order valence-electron chi connectivity index (χ4n) is 2.37. The summed E-state index contributed by atoms with van der Waals surface area (Å²) >= 11 is 5.74. The van der Waals surface area contributed by atoms with Crippen molar-refractivity contribution in [3.05, 3.63) is 51.5 Å². The number of nitrogens with one attached hydrogen (secondary N) is 1. The second kappa shape index (κ2) is 4.95. The maximum atomic E-state index is 13.7. The van der Waals surface area contributed by atoms with E-state index in [9.17, 15) is 9.18 Å². The summed E-state index contributed by atoms with van der Waals surface area (Å²) in [7, 11) is 0. The Bertz CT molecular complexity index is 921. The number of aromatic nitrogens is 3. The molecule has 2 aromatic heterocycles. The molecule has 0 atom stereocenters. The molecule has 0 aliphatic carbocycles. The van der Waals surface area contributed by atoms with Gasteiger partial charge in [-0.25, -0.2) is 9.07 Å². The highest BCUT2D eigenvalue weighted by atomic mass is 35.5. The average molecular weight is 320 g/mol. The largest absolute Gasteiger partial charge is 0.307 e. The molecule has 0 aliphatic rings. The van der Waals surface area contributed by atoms with Crippen LogP contribution in [0.2, 0.25) is 5.02 Å². The van der Waals surface area contributed by atoms with Crippen molar-refractivity contribution in [3.63, 3.8) is 0 Å². The predicted octanol–water partition coefficient (Wildman–Crippen LogP) is 3.94. The van der Waals surface area contributed by atoms with Gasteiger partial charge in [-0.3, -0.25) is 4.79 Å². The van der Waals surface area contributed by atoms with Crippen molar-refractivity contribution in [2.75, 3.05) is 0 Å². The van der Waals surface area contributed by atoms with Crippen LogP contribution in [0.1, 0.15) is 20.8 Å². The van der Waals surface area contributed by atoms with Gasteiger partial charge in [-0.15, -0.1) is 0 Å². The number of halogens is 2. The molecule has 4 nitrogen and oxygen atoms in total. The number of hydrogen-bond donors (Lipinski definition) is 1. The van der Waals surface area contributed by atoms with Gasteiger partial charge in [-0.05, 0) is 39.0 Å². The van der Waals surface area contributed by atoms with E-state index in [4.69, 9.17) is 11.6 Å². The Morgan fingerprint density at radius 3 is 2.59 bits per heavy atom. The summed E-state index contributed by atoms with van der Waals surface area (Å²) in [5.74, 6) is -0.498. The lowest BCUT2D eigenvalue weighted by molar-refractivity contribution is 0.366. The van der Waals surface area contributed by atoms with Gasteiger partial charge in [0, 0.05) is 17.0 Å². The predicted molar refractivity (Wildman–Crippen MR) is 85.8 cm³/mol. The SMILES string of the molecule is CC(C)(C)n1nc(-c2ccc(Cl)c(F)c2)c2ccc(=O)[nH]c21. The summed E-state index contributed by atoms with van der Waals surface area (Å²) in [6.07, 6.45) is 0. The normalized spacial score (nSPS) is 12.0. The van der Waals surface area contributed by atoms with Crippen LogP contribution in [-0.4, -0.2) is 14.8 Å². The second-order valence-corrected chi connectivity index (χ2v) is 6.55. The molecular formula is C16H15ClFN3O. The Hall–Kier alpha value is -2.14. The molecule has 1 N–H and O–H groups in total. The molecule has 0 spiro atoms. The average Bonchev–Trinajstić information content (AvgIpc) is 2.80. The first-order valence-electron chi connectivity index (χ1n) is 6.85. The molecule has 1 aromatic carbocycles. The molecule has 6 heteroatoms. The van der Waals surface area contributed by atoms with Crippen LogP contribution >= 0.6 is 11.6 Å². The molecule has 0 radical (unpaired) electrons. The van der Waals surface area contributed by atoms with Crippen molar-refractivity contribution < 1.29 is 4.39 Å². The van der Waals surface area contributed by atoms with Gasteiger partial charge < -0.3 is 4.98 Å². The molecule has 0 aliphatic heterocycles. The van der Waals surface area contributed by atoms with Crippen molar-refractivity contribution in [1.82, 2.24) is 14.8 Å². The van der Waals surface area contributed by atoms with E-state index in [1.54, 1.807) is 16.8 Å². The topological polar surface area (TPSA) is 50.7 Å². The van der Waals surface area contributed by atoms with E-state index in [2.05, 4.69) is 10.1 Å². The lowest BCUT2D eigenvalue weighted by Gasteiger charge is -2.19. The zero-order chi connectivity index (χ0) is 16.1. The number of rotatable bonds is 1. The van der Waals surface area contributed by atoms with E-state index in [1.807, 2.05) is 20.8 Å². The Morgan fingerprint density at radius 1 is 1.23 bits per heavy atom. The standard InChI is InChI=1S/C16H15ClFN3O/c1-16(2,3)21-15-10(5-7-13(22)19-15)14(20-21)9-4-6-11(17)12(18)8-9/h4-8H,1-3H3,(H,19,22). The highest BCUT2D eigenvalue weighted by Gasteiger charge is 2.22. The van der Waals surface area contributed by atoms with Gasteiger partial charge >= 0.3 is 0 Å². The van der Waals surface area contributed by atoms with Gasteiger partial charge in [-0.2, -0.15) is 5.10 Å². The van der Waals surface area contributed by atoms with E-state index >= 15 is 0 Å². The fraction of sp³-hybridized carbons (Fsp3) is 0.250. The molecular weight excluding hydrogens is 305 g/mol. The van der Waals surface area contributed by atoms with Gasteiger partial charge in [-0.1, -0.05) is 17.7 Å². The van der Waals surface area contributed by atoms with Crippen molar-refractivity contribution in [2.24, 2.45) is 0 Å². The molecule has 0 fully saturated rings. The smallest absolute Gasteiger partial charge is 0.249 e. The first-order chi connectivity index (χ1) is 10.3. The number of benzene rings is 1. The molecule has 22 heavy (non-hydrogen) atoms. The lowest BCUT2D eigenvalue weighted by atomic mass is 10.1. The van der Waals surface area contributed by atoms with Crippen LogP contribution in [0.5, 0.6) is 0 Å². The minimum absolute atomic E-state index is 0.0664. The fourth-order valence-corrected chi connectivity index (χ4v) is 2.49. The highest BCUT2D eigenvalue weighted by molar-refractivity contribution is 6.30. The van der Waals surface area contributed by atoms with Crippen LogP contribution in [0.15, 0.2) is 35.1 Å². The third-order valence-electron chi connectivity index (χ3n) is 3.39. The van der Waals surface area contributed by atoms with Gasteiger partial charge in [0.2, 0.25) is 5.56 Å². The molecule has 0 amide bonds. The molecule has 3 rings (SSSR count). The Balaban J connectivity index is 2.35. The van der Waals surface area contributed by atoms with Gasteiger partial charge in [0.15, 0.2) is 0 Å². The summed E-state index contributed by atoms with van der Waals surface area (Å²) < 4.78 is 15.5. The number of aromatic amines is 1. The maximum absolute atomic E-state index is 13.7. The van der Waals surface area contributed by atoms with Crippen molar-refractivity contribution in [1.29, 1.82) is 0 Å². The first-order valence-corrected chi connectivity index (χ1v) is 7.23. The quantitative estimate of drug-likeness (QED) is 0.738. The molecule has 0 saturated heterocycles. The van der Waals surface area contributed by atoms with E-state index < -0.39 is 5.82 Å². The van der Waals surface area contributed by atoms with Crippen LogP contribution in [0, 0.1) is 5.82 Å². The number of nitrogens with zero attached hydrogens (tertiary/aromatic N) is 2. The van der Waals surface area contributed by atoms with Crippen molar-refractivity contribution >= 4 is 22.6 Å². The van der Waals surface area contributed by atoms with Crippen LogP contribution < -0.4 is 5.56 Å². The van der Waals surface area contributed by atoms with Crippen LogP contribution in [0.4, 0.5) is 4.39 Å². The van der Waals surface area contributed by atoms with Gasteiger partial charge in [0.25, 0.3) is 0 Å². The highest BCUT2D eigenvalue weighted by Crippen LogP contribution is 2.31. The summed E-state index contributed by atoms with van der Waals surface area (Å²) in [4.78, 5) is 14.4. The first kappa shape index (κ1) is 14.8. The Morgan fingerprint density at radius 2 is 1.95 bits per heavy atom. The molecule has 2 heterocycles. The van der Waals surface area contributed by atoms with Crippen molar-refractivity contribution in [3.8, 4) is 11.3 Å². The maximum Gasteiger partial charge on any atom is 0.249 e. The number of pyridine rings is 1. The minimum atomic E-state index is -0.498. The summed E-state index contributed by atoms with van der Waals surface area (Å²) in [6, 6.07) is 7.70. The second-order valence-electron chi connectivity index (χ2n) is 6.14. The summed E-state index contributed by atoms with van der Waals surface area (Å²) in [5.41, 5.74) is 1.31. The zero-order valence-corrected chi connectivity index (χ0v) is 13.2. The van der Waals surface area contributed by atoms with Gasteiger partial charge in [0.05, 0.1) is 10.6 Å². The third kappa shape index (κ3) is 2.41. The van der Waals surface area contributed by atoms with E-state index in [-0.39, 0.29) is 16.1 Å². The Kier molecular flexibility index (Phi) is 3.33. The van der Waals surface area contributed by atoms with Crippen molar-refractivity contribution in [2.45, 2.75) is 26.3 Å². The van der Waals surface area contributed by atoms with Gasteiger partial charge in [0.1, 0.15) is 17.2 Å². The van der Waals surface area contributed by atoms with Crippen LogP contribution in [-0.2, 0) is 5.54 Å². The number of hydrogen-bond acceptors (Lipinski definition) is 2. The zero-order valence-electron chi connectivity index (χ0n) is 12.4. The summed E-state index contributed by atoms with van der Waals surface area (Å²) in [6.45, 7) is 5.95. The van der Waals surface area contributed by atoms with Crippen LogP contribution in [0.25, 0.3) is 22.3 Å². The van der Waals surface area contributed by atoms with E-state index in [0.29, 0.717) is 16.9 Å². The number of H-pyrrole nitrogens is 1. The molecule has 0 unspecified atom stereocenters. The lowest BCUT2D eigenvalue weighted by Crippen LogP contribution is -2.24. The molecule has 114 valence electrons. The minimum Gasteiger partial charge on any atom is -0.307 e. The van der Waals surface area contributed by atoms with E-state index in [0.717, 1.165) is 5.39 Å². The summed E-state index contributed by atoms with van der Waals surface area (Å²) in [5, 5.41) is 5.41. The van der Waals surface area contributed by atoms with Crippen LogP contribution in [0.3, 0.4) is 0 Å². The third-order valence-corrected chi connectivity index (χ3v) is 3.70. The molecule has 0 saturated carbocycles. The molecule has 0 bridgehead atoms. The monoisotopic (exact) mass is 319 g/mol.